The molecule has 1 N–H and O–H groups in total. The van der Waals surface area contributed by atoms with Gasteiger partial charge in [0.05, 0.1) is 6.26 Å². The molecule has 1 unspecified atom stereocenters. The van der Waals surface area contributed by atoms with Gasteiger partial charge in [-0.25, -0.2) is 0 Å². The number of nitrogens with one attached hydrogen (secondary N) is 1. The Morgan fingerprint density at radius 1 is 1.20 bits per heavy atom. The van der Waals surface area contributed by atoms with E-state index < -0.39 is 0 Å². The van der Waals surface area contributed by atoms with Gasteiger partial charge in [-0.2, -0.15) is 0 Å². The molecule has 1 fully saturated rings. The van der Waals surface area contributed by atoms with Gasteiger partial charge in [-0.15, -0.1) is 0 Å². The molecule has 1 aliphatic rings. The Balaban J connectivity index is 2.05. The maximum atomic E-state index is 5.42. The summed E-state index contributed by atoms with van der Waals surface area (Å²) < 4.78 is 5.42. The average molecular weight is 201 g/mol. The van der Waals surface area contributed by atoms with Crippen LogP contribution in [0.3, 0.4) is 0 Å². The van der Waals surface area contributed by atoms with E-state index in [0.717, 1.165) is 12.1 Å². The highest BCUT2D eigenvalue weighted by molar-refractivity contribution is 5.81. The summed E-state index contributed by atoms with van der Waals surface area (Å²) >= 11 is 0. The summed E-state index contributed by atoms with van der Waals surface area (Å²) in [5.74, 6) is 0. The van der Waals surface area contributed by atoms with Gasteiger partial charge in [-0.3, -0.25) is 0 Å². The van der Waals surface area contributed by atoms with Gasteiger partial charge < -0.3 is 9.73 Å². The number of furan rings is 1. The zero-order valence-electron chi connectivity index (χ0n) is 8.70. The third-order valence-corrected chi connectivity index (χ3v) is 3.22. The number of hydrogen-bond donors (Lipinski definition) is 1. The molecule has 78 valence electrons. The van der Waals surface area contributed by atoms with Gasteiger partial charge >= 0.3 is 0 Å². The molecule has 0 amide bonds. The van der Waals surface area contributed by atoms with Crippen molar-refractivity contribution in [2.24, 2.45) is 0 Å². The Morgan fingerprint density at radius 2 is 2.20 bits per heavy atom. The van der Waals surface area contributed by atoms with Crippen molar-refractivity contribution in [1.82, 2.24) is 5.32 Å². The normalized spacial score (nSPS) is 22.0. The van der Waals surface area contributed by atoms with Gasteiger partial charge in [-0.05, 0) is 37.1 Å². The maximum absolute atomic E-state index is 5.42. The first kappa shape index (κ1) is 8.98. The van der Waals surface area contributed by atoms with Crippen molar-refractivity contribution in [3.63, 3.8) is 0 Å². The van der Waals surface area contributed by atoms with Crippen molar-refractivity contribution in [3.8, 4) is 0 Å². The van der Waals surface area contributed by atoms with Crippen LogP contribution in [0.25, 0.3) is 11.0 Å². The molecular weight excluding hydrogens is 186 g/mol. The standard InChI is InChI=1S/C13H15NO/c1-2-8-14-12(5-1)10-4-3-6-13-11(10)7-9-15-13/h3-4,6-7,9,12,14H,1-2,5,8H2. The Labute approximate surface area is 89.3 Å². The highest BCUT2D eigenvalue weighted by Crippen LogP contribution is 2.29. The third-order valence-electron chi connectivity index (χ3n) is 3.22. The summed E-state index contributed by atoms with van der Waals surface area (Å²) in [5.41, 5.74) is 2.39. The number of benzene rings is 1. The minimum absolute atomic E-state index is 0.514. The molecule has 1 aromatic heterocycles. The van der Waals surface area contributed by atoms with Crippen LogP contribution in [0.1, 0.15) is 30.9 Å². The van der Waals surface area contributed by atoms with Gasteiger partial charge in [0.25, 0.3) is 0 Å². The van der Waals surface area contributed by atoms with Crippen LogP contribution in [0.2, 0.25) is 0 Å². The minimum atomic E-state index is 0.514. The average Bonchev–Trinajstić information content (AvgIpc) is 2.78. The monoisotopic (exact) mass is 201 g/mol. The van der Waals surface area contributed by atoms with Crippen LogP contribution in [0.4, 0.5) is 0 Å². The smallest absolute Gasteiger partial charge is 0.134 e. The summed E-state index contributed by atoms with van der Waals surface area (Å²) in [5, 5.41) is 4.84. The van der Waals surface area contributed by atoms with Gasteiger partial charge in [-0.1, -0.05) is 18.6 Å². The van der Waals surface area contributed by atoms with Crippen molar-refractivity contribution in [2.45, 2.75) is 25.3 Å². The van der Waals surface area contributed by atoms with E-state index >= 15 is 0 Å². The fraction of sp³-hybridized carbons (Fsp3) is 0.385. The Kier molecular flexibility index (Phi) is 2.22. The van der Waals surface area contributed by atoms with Crippen LogP contribution in [0.5, 0.6) is 0 Å². The molecule has 1 atom stereocenters. The molecule has 1 saturated heterocycles. The zero-order valence-corrected chi connectivity index (χ0v) is 8.70. The Bertz CT molecular complexity index is 454. The van der Waals surface area contributed by atoms with E-state index in [9.17, 15) is 0 Å². The molecular formula is C13H15NO. The third kappa shape index (κ3) is 1.55. The molecule has 0 radical (unpaired) electrons. The summed E-state index contributed by atoms with van der Waals surface area (Å²) in [4.78, 5) is 0. The summed E-state index contributed by atoms with van der Waals surface area (Å²) in [6.07, 6.45) is 5.64. The van der Waals surface area contributed by atoms with E-state index in [4.69, 9.17) is 4.42 Å². The van der Waals surface area contributed by atoms with Crippen molar-refractivity contribution in [2.75, 3.05) is 6.54 Å². The Morgan fingerprint density at radius 3 is 3.07 bits per heavy atom. The summed E-state index contributed by atoms with van der Waals surface area (Å²) in [6.45, 7) is 1.14. The Hall–Kier alpha value is -1.28. The van der Waals surface area contributed by atoms with Gasteiger partial charge in [0.1, 0.15) is 5.58 Å². The molecule has 0 spiro atoms. The maximum Gasteiger partial charge on any atom is 0.134 e. The number of rotatable bonds is 1. The van der Waals surface area contributed by atoms with E-state index in [1.807, 2.05) is 6.07 Å². The van der Waals surface area contributed by atoms with Gasteiger partial charge in [0, 0.05) is 11.4 Å². The van der Waals surface area contributed by atoms with Crippen LogP contribution in [-0.2, 0) is 0 Å². The molecule has 1 aliphatic heterocycles. The molecule has 2 heteroatoms. The highest BCUT2D eigenvalue weighted by Gasteiger charge is 2.17. The van der Waals surface area contributed by atoms with Crippen molar-refractivity contribution >= 4 is 11.0 Å². The molecule has 2 heterocycles. The topological polar surface area (TPSA) is 25.2 Å². The summed E-state index contributed by atoms with van der Waals surface area (Å²) in [6, 6.07) is 8.90. The SMILES string of the molecule is c1cc(C2CCCCN2)c2ccoc2c1. The molecule has 15 heavy (non-hydrogen) atoms. The van der Waals surface area contributed by atoms with Gasteiger partial charge in [0.15, 0.2) is 0 Å². The highest BCUT2D eigenvalue weighted by atomic mass is 16.3. The lowest BCUT2D eigenvalue weighted by atomic mass is 9.95. The molecule has 1 aromatic carbocycles. The first-order valence-corrected chi connectivity index (χ1v) is 5.65. The second-order valence-electron chi connectivity index (χ2n) is 4.18. The molecule has 0 saturated carbocycles. The fourth-order valence-corrected chi connectivity index (χ4v) is 2.44. The number of hydrogen-bond acceptors (Lipinski definition) is 2. The van der Waals surface area contributed by atoms with Crippen LogP contribution >= 0.6 is 0 Å². The molecule has 3 rings (SSSR count). The lowest BCUT2D eigenvalue weighted by Crippen LogP contribution is -2.26. The van der Waals surface area contributed by atoms with E-state index in [0.29, 0.717) is 6.04 Å². The van der Waals surface area contributed by atoms with Gasteiger partial charge in [0.2, 0.25) is 0 Å². The van der Waals surface area contributed by atoms with E-state index in [1.54, 1.807) is 6.26 Å². The van der Waals surface area contributed by atoms with E-state index in [1.165, 1.54) is 30.2 Å². The molecule has 0 bridgehead atoms. The number of fused-ring (bicyclic) bond motifs is 1. The second kappa shape index (κ2) is 3.70. The van der Waals surface area contributed by atoms with Crippen molar-refractivity contribution < 1.29 is 4.42 Å². The lowest BCUT2D eigenvalue weighted by Gasteiger charge is -2.24. The van der Waals surface area contributed by atoms with Crippen molar-refractivity contribution in [3.05, 3.63) is 36.1 Å². The zero-order chi connectivity index (χ0) is 10.1. The van der Waals surface area contributed by atoms with Crippen LogP contribution in [0.15, 0.2) is 34.9 Å². The second-order valence-corrected chi connectivity index (χ2v) is 4.18. The fourth-order valence-electron chi connectivity index (χ4n) is 2.44. The van der Waals surface area contributed by atoms with E-state index in [2.05, 4.69) is 23.5 Å². The quantitative estimate of drug-likeness (QED) is 0.766. The predicted octanol–water partition coefficient (Wildman–Crippen LogP) is 3.25. The molecule has 2 aromatic rings. The predicted molar refractivity (Wildman–Crippen MR) is 60.8 cm³/mol. The number of piperidine rings is 1. The van der Waals surface area contributed by atoms with Crippen LogP contribution in [0, 0.1) is 0 Å². The van der Waals surface area contributed by atoms with Crippen LogP contribution < -0.4 is 5.32 Å². The minimum Gasteiger partial charge on any atom is -0.464 e. The summed E-state index contributed by atoms with van der Waals surface area (Å²) in [7, 11) is 0. The van der Waals surface area contributed by atoms with Crippen molar-refractivity contribution in [1.29, 1.82) is 0 Å². The molecule has 0 aliphatic carbocycles. The lowest BCUT2D eigenvalue weighted by molar-refractivity contribution is 0.414. The first-order valence-electron chi connectivity index (χ1n) is 5.65. The first-order chi connectivity index (χ1) is 7.45. The van der Waals surface area contributed by atoms with Crippen LogP contribution in [-0.4, -0.2) is 6.54 Å². The molecule has 2 nitrogen and oxygen atoms in total. The van der Waals surface area contributed by atoms with E-state index in [-0.39, 0.29) is 0 Å². The largest absolute Gasteiger partial charge is 0.464 e.